The van der Waals surface area contributed by atoms with Gasteiger partial charge in [-0.2, -0.15) is 0 Å². The van der Waals surface area contributed by atoms with Crippen LogP contribution in [0.4, 0.5) is 0 Å². The molecule has 2 rings (SSSR count). The summed E-state index contributed by atoms with van der Waals surface area (Å²) in [6.45, 7) is 4.02. The van der Waals surface area contributed by atoms with Gasteiger partial charge in [0.25, 0.3) is 0 Å². The van der Waals surface area contributed by atoms with Gasteiger partial charge in [-0.3, -0.25) is 4.79 Å². The molecular weight excluding hydrogens is 208 g/mol. The third-order valence-corrected chi connectivity index (χ3v) is 3.68. The molecule has 0 aliphatic heterocycles. The van der Waals surface area contributed by atoms with Gasteiger partial charge in [0.05, 0.1) is 0 Å². The first-order valence-electron chi connectivity index (χ1n) is 5.30. The lowest BCUT2D eigenvalue weighted by atomic mass is 9.96. The van der Waals surface area contributed by atoms with E-state index in [0.717, 1.165) is 29.0 Å². The molecule has 0 atom stereocenters. The summed E-state index contributed by atoms with van der Waals surface area (Å²) in [5.41, 5.74) is 2.10. The van der Waals surface area contributed by atoms with E-state index in [1.54, 1.807) is 0 Å². The number of hydrogen-bond acceptors (Lipinski definition) is 1. The van der Waals surface area contributed by atoms with Crippen LogP contribution in [0.3, 0.4) is 0 Å². The van der Waals surface area contributed by atoms with E-state index in [-0.39, 0.29) is 5.41 Å². The Morgan fingerprint density at radius 3 is 2.67 bits per heavy atom. The van der Waals surface area contributed by atoms with Crippen LogP contribution in [0.25, 0.3) is 0 Å². The molecule has 0 amide bonds. The molecule has 0 saturated heterocycles. The fourth-order valence-corrected chi connectivity index (χ4v) is 1.80. The fourth-order valence-electron chi connectivity index (χ4n) is 1.68. The van der Waals surface area contributed by atoms with Gasteiger partial charge in [-0.15, -0.1) is 0 Å². The maximum absolute atomic E-state index is 11.9. The largest absolute Gasteiger partial charge is 0.299 e. The van der Waals surface area contributed by atoms with Crippen molar-refractivity contribution in [1.29, 1.82) is 0 Å². The van der Waals surface area contributed by atoms with Gasteiger partial charge >= 0.3 is 0 Å². The quantitative estimate of drug-likeness (QED) is 0.764. The SMILES string of the molecule is Cc1cc(CC(=O)C2(C)CC2)ccc1Cl. The summed E-state index contributed by atoms with van der Waals surface area (Å²) in [6, 6.07) is 5.82. The maximum Gasteiger partial charge on any atom is 0.143 e. The second-order valence-electron chi connectivity index (χ2n) is 4.74. The molecule has 1 aromatic carbocycles. The van der Waals surface area contributed by atoms with Gasteiger partial charge in [0.15, 0.2) is 0 Å². The first kappa shape index (κ1) is 10.7. The molecule has 0 spiro atoms. The minimum atomic E-state index is -0.0203. The molecule has 1 aliphatic rings. The molecule has 0 radical (unpaired) electrons. The van der Waals surface area contributed by atoms with Gasteiger partial charge < -0.3 is 0 Å². The van der Waals surface area contributed by atoms with Gasteiger partial charge in [-0.05, 0) is 37.0 Å². The zero-order chi connectivity index (χ0) is 11.1. The highest BCUT2D eigenvalue weighted by Crippen LogP contribution is 2.46. The molecule has 1 aliphatic carbocycles. The Morgan fingerprint density at radius 2 is 2.13 bits per heavy atom. The molecule has 0 unspecified atom stereocenters. The van der Waals surface area contributed by atoms with E-state index in [1.807, 2.05) is 25.1 Å². The summed E-state index contributed by atoms with van der Waals surface area (Å²) < 4.78 is 0. The van der Waals surface area contributed by atoms with E-state index >= 15 is 0 Å². The Kier molecular flexibility index (Phi) is 2.59. The summed E-state index contributed by atoms with van der Waals surface area (Å²) in [5, 5.41) is 0.767. The van der Waals surface area contributed by atoms with Crippen LogP contribution in [0.2, 0.25) is 5.02 Å². The molecule has 1 aromatic rings. The number of aryl methyl sites for hydroxylation is 1. The van der Waals surface area contributed by atoms with Crippen molar-refractivity contribution in [2.45, 2.75) is 33.1 Å². The molecule has 0 aromatic heterocycles. The first-order chi connectivity index (χ1) is 7.01. The predicted molar refractivity (Wildman–Crippen MR) is 62.2 cm³/mol. The Bertz CT molecular complexity index is 405. The van der Waals surface area contributed by atoms with Gasteiger partial charge in [0, 0.05) is 16.9 Å². The summed E-state index contributed by atoms with van der Waals surface area (Å²) in [5.74, 6) is 0.365. The van der Waals surface area contributed by atoms with Crippen LogP contribution in [0.1, 0.15) is 30.9 Å². The van der Waals surface area contributed by atoms with Crippen LogP contribution in [-0.2, 0) is 11.2 Å². The molecule has 0 N–H and O–H groups in total. The molecule has 15 heavy (non-hydrogen) atoms. The number of benzene rings is 1. The fraction of sp³-hybridized carbons (Fsp3) is 0.462. The molecule has 1 saturated carbocycles. The van der Waals surface area contributed by atoms with Gasteiger partial charge in [0.2, 0.25) is 0 Å². The monoisotopic (exact) mass is 222 g/mol. The summed E-state index contributed by atoms with van der Waals surface area (Å²) in [7, 11) is 0. The molecular formula is C13H15ClO. The standard InChI is InChI=1S/C13H15ClO/c1-9-7-10(3-4-11(9)14)8-12(15)13(2)5-6-13/h3-4,7H,5-6,8H2,1-2H3. The predicted octanol–water partition coefficient (Wildman–Crippen LogP) is 3.56. The minimum absolute atomic E-state index is 0.0203. The van der Waals surface area contributed by atoms with Crippen molar-refractivity contribution in [1.82, 2.24) is 0 Å². The van der Waals surface area contributed by atoms with E-state index in [4.69, 9.17) is 11.6 Å². The van der Waals surface area contributed by atoms with E-state index in [1.165, 1.54) is 0 Å². The zero-order valence-corrected chi connectivity index (χ0v) is 9.90. The third-order valence-electron chi connectivity index (χ3n) is 3.26. The molecule has 0 heterocycles. The molecule has 80 valence electrons. The number of ketones is 1. The minimum Gasteiger partial charge on any atom is -0.299 e. The Hall–Kier alpha value is -0.820. The van der Waals surface area contributed by atoms with Crippen molar-refractivity contribution in [3.8, 4) is 0 Å². The molecule has 1 nitrogen and oxygen atoms in total. The van der Waals surface area contributed by atoms with Crippen molar-refractivity contribution < 1.29 is 4.79 Å². The Morgan fingerprint density at radius 1 is 1.47 bits per heavy atom. The summed E-state index contributed by atoms with van der Waals surface area (Å²) in [6.07, 6.45) is 2.66. The number of halogens is 1. The van der Waals surface area contributed by atoms with Gasteiger partial charge in [-0.25, -0.2) is 0 Å². The van der Waals surface area contributed by atoms with Crippen LogP contribution in [-0.4, -0.2) is 5.78 Å². The average molecular weight is 223 g/mol. The highest BCUT2D eigenvalue weighted by atomic mass is 35.5. The van der Waals surface area contributed by atoms with Crippen LogP contribution < -0.4 is 0 Å². The van der Waals surface area contributed by atoms with E-state index < -0.39 is 0 Å². The Labute approximate surface area is 95.4 Å². The van der Waals surface area contributed by atoms with Gasteiger partial charge in [0.1, 0.15) is 5.78 Å². The topological polar surface area (TPSA) is 17.1 Å². The van der Waals surface area contributed by atoms with Crippen molar-refractivity contribution in [3.63, 3.8) is 0 Å². The summed E-state index contributed by atoms with van der Waals surface area (Å²) >= 11 is 5.93. The second-order valence-corrected chi connectivity index (χ2v) is 5.15. The number of Topliss-reactive ketones (excluding diaryl/α,β-unsaturated/α-hetero) is 1. The van der Waals surface area contributed by atoms with Crippen molar-refractivity contribution in [2.24, 2.45) is 5.41 Å². The number of carbonyl (C=O) groups is 1. The third kappa shape index (κ3) is 2.23. The van der Waals surface area contributed by atoms with E-state index in [9.17, 15) is 4.79 Å². The summed E-state index contributed by atoms with van der Waals surface area (Å²) in [4.78, 5) is 11.9. The smallest absolute Gasteiger partial charge is 0.143 e. The highest BCUT2D eigenvalue weighted by Gasteiger charge is 2.43. The van der Waals surface area contributed by atoms with Crippen molar-refractivity contribution in [2.75, 3.05) is 0 Å². The average Bonchev–Trinajstić information content (AvgIpc) is 2.92. The molecule has 2 heteroatoms. The zero-order valence-electron chi connectivity index (χ0n) is 9.14. The van der Waals surface area contributed by atoms with E-state index in [2.05, 4.69) is 6.92 Å². The van der Waals surface area contributed by atoms with Crippen LogP contribution in [0, 0.1) is 12.3 Å². The van der Waals surface area contributed by atoms with Crippen LogP contribution in [0.15, 0.2) is 18.2 Å². The van der Waals surface area contributed by atoms with Gasteiger partial charge in [-0.1, -0.05) is 30.7 Å². The van der Waals surface area contributed by atoms with Crippen molar-refractivity contribution in [3.05, 3.63) is 34.3 Å². The van der Waals surface area contributed by atoms with Crippen LogP contribution >= 0.6 is 11.6 Å². The van der Waals surface area contributed by atoms with E-state index in [0.29, 0.717) is 12.2 Å². The maximum atomic E-state index is 11.9. The lowest BCUT2D eigenvalue weighted by Crippen LogP contribution is -2.14. The number of rotatable bonds is 3. The number of hydrogen-bond donors (Lipinski definition) is 0. The molecule has 0 bridgehead atoms. The van der Waals surface area contributed by atoms with Crippen LogP contribution in [0.5, 0.6) is 0 Å². The lowest BCUT2D eigenvalue weighted by Gasteiger charge is -2.08. The number of carbonyl (C=O) groups excluding carboxylic acids is 1. The lowest BCUT2D eigenvalue weighted by molar-refractivity contribution is -0.122. The molecule has 1 fully saturated rings. The normalized spacial score (nSPS) is 17.5. The first-order valence-corrected chi connectivity index (χ1v) is 5.67. The Balaban J connectivity index is 2.11. The van der Waals surface area contributed by atoms with Crippen molar-refractivity contribution >= 4 is 17.4 Å². The highest BCUT2D eigenvalue weighted by molar-refractivity contribution is 6.31. The second kappa shape index (κ2) is 3.64.